The summed E-state index contributed by atoms with van der Waals surface area (Å²) in [5, 5.41) is 0. The van der Waals surface area contributed by atoms with Gasteiger partial charge in [-0.1, -0.05) is 167 Å². The lowest BCUT2D eigenvalue weighted by molar-refractivity contribution is 0.642. The number of hydrogen-bond acceptors (Lipinski definition) is 3. The van der Waals surface area contributed by atoms with E-state index in [1.54, 1.807) is 0 Å². The number of nitrogens with zero attached hydrogens (tertiary/aromatic N) is 3. The first kappa shape index (κ1) is 40.5. The smallest absolute Gasteiger partial charge is 0.0503 e. The van der Waals surface area contributed by atoms with Crippen LogP contribution in [0.4, 0.5) is 51.2 Å². The fourth-order valence-electron chi connectivity index (χ4n) is 9.65. The summed E-state index contributed by atoms with van der Waals surface area (Å²) in [6, 6.07) is 83.7. The van der Waals surface area contributed by atoms with E-state index in [1.165, 1.54) is 38.9 Å². The van der Waals surface area contributed by atoms with Gasteiger partial charge in [-0.25, -0.2) is 0 Å². The quantitative estimate of drug-likeness (QED) is 0.121. The summed E-state index contributed by atoms with van der Waals surface area (Å²) in [6.07, 6.45) is 1.05. The number of rotatable bonds is 12. The lowest BCUT2D eigenvalue weighted by Gasteiger charge is -2.33. The zero-order chi connectivity index (χ0) is 43.6. The Kier molecular flexibility index (Phi) is 10.9. The molecule has 0 amide bonds. The van der Waals surface area contributed by atoms with Crippen LogP contribution in [0.25, 0.3) is 22.3 Å². The molecule has 64 heavy (non-hydrogen) atoms. The van der Waals surface area contributed by atoms with E-state index in [0.29, 0.717) is 5.92 Å². The van der Waals surface area contributed by atoms with E-state index in [9.17, 15) is 0 Å². The van der Waals surface area contributed by atoms with Gasteiger partial charge in [-0.15, -0.1) is 0 Å². The molecule has 0 N–H and O–H groups in total. The Morgan fingerprint density at radius 3 is 1.19 bits per heavy atom. The van der Waals surface area contributed by atoms with Crippen LogP contribution in [0.15, 0.2) is 231 Å². The number of anilines is 9. The van der Waals surface area contributed by atoms with Gasteiger partial charge in [-0.05, 0) is 142 Å². The van der Waals surface area contributed by atoms with Gasteiger partial charge >= 0.3 is 0 Å². The average Bonchev–Trinajstić information content (AvgIpc) is 3.57. The largest absolute Gasteiger partial charge is 0.310 e. The first-order chi connectivity index (χ1) is 31.3. The SMILES string of the molecule is CC(C)Cc1cccc2c1-c1ccc(N(c3ccc(-c4ccccc4)cc3)c3cc(N(c4ccccc4)c4ccccc4)cc(N(c4ccccc4)c4ccccc4)c3)cc1C2(C)C. The predicted octanol–water partition coefficient (Wildman–Crippen LogP) is 17.3. The summed E-state index contributed by atoms with van der Waals surface area (Å²) in [5.74, 6) is 0.562. The van der Waals surface area contributed by atoms with Crippen molar-refractivity contribution in [1.29, 1.82) is 0 Å². The van der Waals surface area contributed by atoms with Crippen molar-refractivity contribution in [2.45, 2.75) is 39.5 Å². The van der Waals surface area contributed by atoms with Crippen LogP contribution < -0.4 is 14.7 Å². The molecule has 0 saturated carbocycles. The van der Waals surface area contributed by atoms with Crippen LogP contribution in [-0.4, -0.2) is 0 Å². The molecule has 0 atom stereocenters. The van der Waals surface area contributed by atoms with Gasteiger partial charge in [0.15, 0.2) is 0 Å². The molecule has 1 aliphatic rings. The number of benzene rings is 9. The third kappa shape index (κ3) is 7.75. The first-order valence-corrected chi connectivity index (χ1v) is 22.5. The van der Waals surface area contributed by atoms with Crippen LogP contribution in [0.3, 0.4) is 0 Å². The summed E-state index contributed by atoms with van der Waals surface area (Å²) in [7, 11) is 0. The Balaban J connectivity index is 1.24. The van der Waals surface area contributed by atoms with Gasteiger partial charge in [0, 0.05) is 39.5 Å². The number of fused-ring (bicyclic) bond motifs is 3. The molecule has 10 rings (SSSR count). The third-order valence-electron chi connectivity index (χ3n) is 12.6. The minimum Gasteiger partial charge on any atom is -0.310 e. The van der Waals surface area contributed by atoms with Gasteiger partial charge in [-0.2, -0.15) is 0 Å². The van der Waals surface area contributed by atoms with Crippen molar-refractivity contribution >= 4 is 51.2 Å². The Morgan fingerprint density at radius 1 is 0.344 bits per heavy atom. The van der Waals surface area contributed by atoms with Crippen molar-refractivity contribution in [3.05, 3.63) is 247 Å². The lowest BCUT2D eigenvalue weighted by Crippen LogP contribution is -2.18. The van der Waals surface area contributed by atoms with Crippen LogP contribution in [0.2, 0.25) is 0 Å². The van der Waals surface area contributed by atoms with Crippen LogP contribution in [0, 0.1) is 5.92 Å². The Bertz CT molecular complexity index is 2820. The molecule has 0 radical (unpaired) electrons. The van der Waals surface area contributed by atoms with Crippen molar-refractivity contribution in [3.63, 3.8) is 0 Å². The summed E-state index contributed by atoms with van der Waals surface area (Å²) >= 11 is 0. The van der Waals surface area contributed by atoms with E-state index >= 15 is 0 Å². The zero-order valence-corrected chi connectivity index (χ0v) is 37.1. The normalized spacial score (nSPS) is 12.4. The highest BCUT2D eigenvalue weighted by molar-refractivity contribution is 5.91. The molecule has 0 fully saturated rings. The van der Waals surface area contributed by atoms with Crippen molar-refractivity contribution in [3.8, 4) is 22.3 Å². The molecule has 0 heterocycles. The van der Waals surface area contributed by atoms with Crippen molar-refractivity contribution in [1.82, 2.24) is 0 Å². The third-order valence-corrected chi connectivity index (χ3v) is 12.6. The maximum Gasteiger partial charge on any atom is 0.0503 e. The fraction of sp³-hybridized carbons (Fsp3) is 0.115. The summed E-state index contributed by atoms with van der Waals surface area (Å²) < 4.78 is 0. The molecule has 3 heteroatoms. The monoisotopic (exact) mass is 827 g/mol. The molecule has 9 aromatic carbocycles. The van der Waals surface area contributed by atoms with Crippen molar-refractivity contribution in [2.75, 3.05) is 14.7 Å². The molecule has 0 saturated heterocycles. The van der Waals surface area contributed by atoms with Crippen molar-refractivity contribution < 1.29 is 0 Å². The molecule has 312 valence electrons. The van der Waals surface area contributed by atoms with Crippen molar-refractivity contribution in [2.24, 2.45) is 5.92 Å². The van der Waals surface area contributed by atoms with Crippen LogP contribution >= 0.6 is 0 Å². The summed E-state index contributed by atoms with van der Waals surface area (Å²) in [4.78, 5) is 7.20. The van der Waals surface area contributed by atoms with Gasteiger partial charge < -0.3 is 14.7 Å². The van der Waals surface area contributed by atoms with Crippen LogP contribution in [0.5, 0.6) is 0 Å². The highest BCUT2D eigenvalue weighted by atomic mass is 15.2. The highest BCUT2D eigenvalue weighted by Gasteiger charge is 2.37. The maximum atomic E-state index is 2.46. The molecule has 0 aliphatic heterocycles. The standard InChI is InChI=1S/C61H53N3/c1-44(2)39-47-23-20-32-58-60(47)57-38-37-53(43-59(57)61(58,3)4)64(52-35-33-46(34-36-52)45-21-10-5-11-22-45)56-41-54(62(48-24-12-6-13-25-48)49-26-14-7-15-27-49)40-55(42-56)63(50-28-16-8-17-29-50)51-30-18-9-19-31-51/h5-38,40-44H,39H2,1-4H3. The van der Waals surface area contributed by atoms with E-state index < -0.39 is 0 Å². The zero-order valence-electron chi connectivity index (χ0n) is 37.1. The van der Waals surface area contributed by atoms with E-state index in [-0.39, 0.29) is 5.41 Å². The van der Waals surface area contributed by atoms with Gasteiger partial charge in [0.2, 0.25) is 0 Å². The predicted molar refractivity (Wildman–Crippen MR) is 272 cm³/mol. The average molecular weight is 828 g/mol. The molecule has 0 spiro atoms. The molecule has 0 aromatic heterocycles. The van der Waals surface area contributed by atoms with E-state index in [2.05, 4.69) is 273 Å². The van der Waals surface area contributed by atoms with Gasteiger partial charge in [0.25, 0.3) is 0 Å². The van der Waals surface area contributed by atoms with E-state index in [4.69, 9.17) is 0 Å². The second kappa shape index (κ2) is 17.3. The first-order valence-electron chi connectivity index (χ1n) is 22.5. The molecule has 0 bridgehead atoms. The second-order valence-electron chi connectivity index (χ2n) is 17.8. The highest BCUT2D eigenvalue weighted by Crippen LogP contribution is 2.53. The van der Waals surface area contributed by atoms with Gasteiger partial charge in [0.05, 0.1) is 17.1 Å². The topological polar surface area (TPSA) is 9.72 Å². The molecule has 3 nitrogen and oxygen atoms in total. The molecule has 9 aromatic rings. The minimum atomic E-state index is -0.182. The Morgan fingerprint density at radius 2 is 0.734 bits per heavy atom. The van der Waals surface area contributed by atoms with Crippen LogP contribution in [-0.2, 0) is 11.8 Å². The molecule has 0 unspecified atom stereocenters. The molecule has 1 aliphatic carbocycles. The minimum absolute atomic E-state index is 0.182. The fourth-order valence-corrected chi connectivity index (χ4v) is 9.65. The van der Waals surface area contributed by atoms with E-state index in [1.807, 2.05) is 0 Å². The molecular formula is C61H53N3. The lowest BCUT2D eigenvalue weighted by atomic mass is 9.81. The maximum absolute atomic E-state index is 2.46. The van der Waals surface area contributed by atoms with Gasteiger partial charge in [-0.3, -0.25) is 0 Å². The van der Waals surface area contributed by atoms with Gasteiger partial charge in [0.1, 0.15) is 0 Å². The summed E-state index contributed by atoms with van der Waals surface area (Å²) in [6.45, 7) is 9.43. The summed E-state index contributed by atoms with van der Waals surface area (Å²) in [5.41, 5.74) is 18.8. The number of para-hydroxylation sites is 4. The van der Waals surface area contributed by atoms with E-state index in [0.717, 1.165) is 57.6 Å². The Labute approximate surface area is 379 Å². The van der Waals surface area contributed by atoms with Crippen LogP contribution in [0.1, 0.15) is 44.4 Å². The Hall–Kier alpha value is -7.62. The second-order valence-corrected chi connectivity index (χ2v) is 17.8. The molecular weight excluding hydrogens is 775 g/mol. The number of hydrogen-bond donors (Lipinski definition) is 0.